The lowest BCUT2D eigenvalue weighted by atomic mass is 10.3. The third-order valence-corrected chi connectivity index (χ3v) is 6.25. The molecule has 0 saturated heterocycles. The van der Waals surface area contributed by atoms with Gasteiger partial charge < -0.3 is 5.73 Å². The number of thiophene rings is 1. The van der Waals surface area contributed by atoms with Crippen LogP contribution in [-0.4, -0.2) is 8.42 Å². The molecule has 0 aliphatic carbocycles. The maximum Gasteiger partial charge on any atom is 0.242 e. The Labute approximate surface area is 132 Å². The summed E-state index contributed by atoms with van der Waals surface area (Å²) in [6.45, 7) is 0.105. The summed E-state index contributed by atoms with van der Waals surface area (Å²) in [6.07, 6.45) is 0. The van der Waals surface area contributed by atoms with Crippen LogP contribution in [0.3, 0.4) is 0 Å². The molecule has 2 rings (SSSR count). The van der Waals surface area contributed by atoms with Gasteiger partial charge >= 0.3 is 0 Å². The molecule has 0 radical (unpaired) electrons. The molecular formula is C11H9BrClFN2O2S2. The minimum atomic E-state index is -3.87. The fourth-order valence-corrected chi connectivity index (χ4v) is 4.51. The number of sulfonamides is 1. The van der Waals surface area contributed by atoms with Crippen LogP contribution >= 0.6 is 38.9 Å². The van der Waals surface area contributed by atoms with E-state index >= 15 is 0 Å². The third-order valence-electron chi connectivity index (χ3n) is 2.45. The van der Waals surface area contributed by atoms with Crippen molar-refractivity contribution in [1.82, 2.24) is 4.72 Å². The van der Waals surface area contributed by atoms with Crippen LogP contribution < -0.4 is 10.5 Å². The molecule has 0 atom stereocenters. The molecule has 0 bridgehead atoms. The molecule has 9 heteroatoms. The van der Waals surface area contributed by atoms with Gasteiger partial charge in [-0.05, 0) is 39.5 Å². The molecule has 0 unspecified atom stereocenters. The number of rotatable bonds is 4. The van der Waals surface area contributed by atoms with Gasteiger partial charge in [-0.25, -0.2) is 17.5 Å². The summed E-state index contributed by atoms with van der Waals surface area (Å²) in [4.78, 5) is 0.575. The van der Waals surface area contributed by atoms with E-state index in [4.69, 9.17) is 17.3 Å². The Morgan fingerprint density at radius 1 is 1.45 bits per heavy atom. The molecule has 0 aliphatic heterocycles. The van der Waals surface area contributed by atoms with Crippen LogP contribution in [0.25, 0.3) is 0 Å². The van der Waals surface area contributed by atoms with Crippen molar-refractivity contribution in [2.45, 2.75) is 11.4 Å². The number of hydrogen-bond acceptors (Lipinski definition) is 4. The summed E-state index contributed by atoms with van der Waals surface area (Å²) in [7, 11) is -3.87. The summed E-state index contributed by atoms with van der Waals surface area (Å²) in [5.41, 5.74) is 5.10. The lowest BCUT2D eigenvalue weighted by molar-refractivity contribution is 0.581. The predicted octanol–water partition coefficient (Wildman–Crippen LogP) is 3.36. The second kappa shape index (κ2) is 5.98. The lowest BCUT2D eigenvalue weighted by Gasteiger charge is -2.09. The summed E-state index contributed by atoms with van der Waals surface area (Å²) in [5, 5.41) is 1.62. The molecule has 0 amide bonds. The summed E-state index contributed by atoms with van der Waals surface area (Å²) in [5.74, 6) is -0.755. The molecule has 0 spiro atoms. The summed E-state index contributed by atoms with van der Waals surface area (Å²) < 4.78 is 40.7. The standard InChI is InChI=1S/C11H9BrClFN2O2S2/c12-6-1-2-19-10(6)5-16-20(17,18)11-4-9(15)8(14)3-7(11)13/h1-4,16H,5,15H2. The van der Waals surface area contributed by atoms with E-state index in [0.717, 1.165) is 21.5 Å². The largest absolute Gasteiger partial charge is 0.396 e. The van der Waals surface area contributed by atoms with Crippen LogP contribution in [0.1, 0.15) is 4.88 Å². The van der Waals surface area contributed by atoms with Crippen LogP contribution in [0.15, 0.2) is 32.9 Å². The highest BCUT2D eigenvalue weighted by atomic mass is 79.9. The van der Waals surface area contributed by atoms with Gasteiger partial charge in [0.15, 0.2) is 0 Å². The minimum absolute atomic E-state index is 0.105. The summed E-state index contributed by atoms with van der Waals surface area (Å²) >= 11 is 10.5. The van der Waals surface area contributed by atoms with Gasteiger partial charge in [0.05, 0.1) is 10.7 Å². The highest BCUT2D eigenvalue weighted by molar-refractivity contribution is 9.10. The molecule has 4 nitrogen and oxygen atoms in total. The maximum absolute atomic E-state index is 13.2. The van der Waals surface area contributed by atoms with Crippen molar-refractivity contribution in [3.05, 3.63) is 43.8 Å². The van der Waals surface area contributed by atoms with Gasteiger partial charge in [-0.1, -0.05) is 11.6 Å². The van der Waals surface area contributed by atoms with Crippen LogP contribution in [-0.2, 0) is 16.6 Å². The van der Waals surface area contributed by atoms with E-state index in [-0.39, 0.29) is 22.2 Å². The Kier molecular flexibility index (Phi) is 4.70. The van der Waals surface area contributed by atoms with E-state index in [1.807, 2.05) is 11.4 Å². The number of anilines is 1. The zero-order valence-electron chi connectivity index (χ0n) is 9.86. The number of hydrogen-bond donors (Lipinski definition) is 2. The van der Waals surface area contributed by atoms with E-state index in [9.17, 15) is 12.8 Å². The Morgan fingerprint density at radius 3 is 2.75 bits per heavy atom. The van der Waals surface area contributed by atoms with Crippen LogP contribution in [0, 0.1) is 5.82 Å². The lowest BCUT2D eigenvalue weighted by Crippen LogP contribution is -2.23. The van der Waals surface area contributed by atoms with Crippen LogP contribution in [0.4, 0.5) is 10.1 Å². The number of benzene rings is 1. The number of nitrogens with one attached hydrogen (secondary N) is 1. The quantitative estimate of drug-likeness (QED) is 0.774. The SMILES string of the molecule is Nc1cc(S(=O)(=O)NCc2sccc2Br)c(Cl)cc1F. The minimum Gasteiger partial charge on any atom is -0.396 e. The second-order valence-electron chi connectivity index (χ2n) is 3.82. The van der Waals surface area contributed by atoms with E-state index < -0.39 is 15.8 Å². The highest BCUT2D eigenvalue weighted by Crippen LogP contribution is 2.27. The van der Waals surface area contributed by atoms with Crippen molar-refractivity contribution >= 4 is 54.6 Å². The topological polar surface area (TPSA) is 72.2 Å². The van der Waals surface area contributed by atoms with Crippen molar-refractivity contribution in [3.63, 3.8) is 0 Å². The molecule has 108 valence electrons. The van der Waals surface area contributed by atoms with Crippen LogP contribution in [0.2, 0.25) is 5.02 Å². The van der Waals surface area contributed by atoms with Gasteiger partial charge in [0.25, 0.3) is 0 Å². The number of halogens is 3. The first kappa shape index (κ1) is 15.7. The molecule has 1 heterocycles. The molecule has 0 aliphatic rings. The monoisotopic (exact) mass is 398 g/mol. The Bertz CT molecular complexity index is 749. The van der Waals surface area contributed by atoms with E-state index in [1.165, 1.54) is 11.3 Å². The summed E-state index contributed by atoms with van der Waals surface area (Å²) in [6, 6.07) is 3.70. The first-order chi connectivity index (χ1) is 9.31. The predicted molar refractivity (Wildman–Crippen MR) is 81.9 cm³/mol. The van der Waals surface area contributed by atoms with E-state index in [0.29, 0.717) is 0 Å². The van der Waals surface area contributed by atoms with E-state index in [2.05, 4.69) is 20.7 Å². The highest BCUT2D eigenvalue weighted by Gasteiger charge is 2.20. The zero-order chi connectivity index (χ0) is 14.9. The molecule has 1 aromatic carbocycles. The fraction of sp³-hybridized carbons (Fsp3) is 0.0909. The van der Waals surface area contributed by atoms with Crippen molar-refractivity contribution < 1.29 is 12.8 Å². The molecule has 3 N–H and O–H groups in total. The Hall–Kier alpha value is -0.670. The maximum atomic E-state index is 13.2. The van der Waals surface area contributed by atoms with Gasteiger partial charge in [-0.3, -0.25) is 0 Å². The van der Waals surface area contributed by atoms with Gasteiger partial charge in [0.1, 0.15) is 10.7 Å². The molecule has 0 saturated carbocycles. The van der Waals surface area contributed by atoms with Gasteiger partial charge in [-0.15, -0.1) is 11.3 Å². The normalized spacial score (nSPS) is 11.8. The Morgan fingerprint density at radius 2 is 2.15 bits per heavy atom. The van der Waals surface area contributed by atoms with Crippen molar-refractivity contribution in [2.75, 3.05) is 5.73 Å². The van der Waals surface area contributed by atoms with Gasteiger partial charge in [-0.2, -0.15) is 0 Å². The molecule has 2 aromatic rings. The van der Waals surface area contributed by atoms with E-state index in [1.54, 1.807) is 0 Å². The fourth-order valence-electron chi connectivity index (χ4n) is 1.44. The molecular weight excluding hydrogens is 391 g/mol. The number of nitrogen functional groups attached to an aromatic ring is 1. The molecule has 20 heavy (non-hydrogen) atoms. The molecule has 1 aromatic heterocycles. The average Bonchev–Trinajstić information content (AvgIpc) is 2.77. The first-order valence-electron chi connectivity index (χ1n) is 5.27. The Balaban J connectivity index is 2.27. The third kappa shape index (κ3) is 3.32. The first-order valence-corrected chi connectivity index (χ1v) is 8.80. The molecule has 0 fully saturated rings. The van der Waals surface area contributed by atoms with Crippen molar-refractivity contribution in [1.29, 1.82) is 0 Å². The van der Waals surface area contributed by atoms with Crippen LogP contribution in [0.5, 0.6) is 0 Å². The average molecular weight is 400 g/mol. The van der Waals surface area contributed by atoms with Crippen molar-refractivity contribution in [3.8, 4) is 0 Å². The zero-order valence-corrected chi connectivity index (χ0v) is 13.8. The number of nitrogens with two attached hydrogens (primary N) is 1. The van der Waals surface area contributed by atoms with Gasteiger partial charge in [0.2, 0.25) is 10.0 Å². The smallest absolute Gasteiger partial charge is 0.242 e. The second-order valence-corrected chi connectivity index (χ2v) is 7.82. The van der Waals surface area contributed by atoms with Gasteiger partial charge in [0, 0.05) is 15.9 Å². The van der Waals surface area contributed by atoms with Crippen molar-refractivity contribution in [2.24, 2.45) is 0 Å².